The Hall–Kier alpha value is -3.09. The van der Waals surface area contributed by atoms with E-state index in [1.54, 1.807) is 18.6 Å². The van der Waals surface area contributed by atoms with Crippen molar-refractivity contribution >= 4 is 11.7 Å². The quantitative estimate of drug-likeness (QED) is 0.733. The van der Waals surface area contributed by atoms with Crippen LogP contribution in [0.1, 0.15) is 37.2 Å². The molecule has 0 aromatic carbocycles. The van der Waals surface area contributed by atoms with Gasteiger partial charge in [-0.3, -0.25) is 9.97 Å². The third-order valence-electron chi connectivity index (χ3n) is 4.33. The van der Waals surface area contributed by atoms with Gasteiger partial charge in [0, 0.05) is 36.1 Å². The number of hydrazone groups is 1. The summed E-state index contributed by atoms with van der Waals surface area (Å²) in [6, 6.07) is 8.08. The highest BCUT2D eigenvalue weighted by Crippen LogP contribution is 2.31. The van der Waals surface area contributed by atoms with Gasteiger partial charge in [-0.25, -0.2) is 5.43 Å². The van der Waals surface area contributed by atoms with E-state index in [4.69, 9.17) is 4.52 Å². The Labute approximate surface area is 145 Å². The van der Waals surface area contributed by atoms with Crippen LogP contribution in [-0.4, -0.2) is 25.8 Å². The Kier molecular flexibility index (Phi) is 4.45. The molecule has 0 aliphatic heterocycles. The molecule has 4 rings (SSSR count). The lowest BCUT2D eigenvalue weighted by molar-refractivity contribution is 0.432. The lowest BCUT2D eigenvalue weighted by atomic mass is 9.84. The van der Waals surface area contributed by atoms with E-state index in [1.807, 2.05) is 24.4 Å². The fraction of sp³-hybridized carbons (Fsp3) is 0.278. The fourth-order valence-electron chi connectivity index (χ4n) is 3.06. The first-order valence-corrected chi connectivity index (χ1v) is 8.34. The molecule has 7 heteroatoms. The Balaban J connectivity index is 1.42. The number of pyridine rings is 2. The lowest BCUT2D eigenvalue weighted by Crippen LogP contribution is -2.15. The maximum absolute atomic E-state index is 5.21. The molecule has 1 unspecified atom stereocenters. The van der Waals surface area contributed by atoms with E-state index < -0.39 is 0 Å². The Bertz CT molecular complexity index is 846. The molecule has 1 aliphatic carbocycles. The Morgan fingerprint density at radius 3 is 2.88 bits per heavy atom. The zero-order valence-electron chi connectivity index (χ0n) is 13.7. The second kappa shape index (κ2) is 7.21. The summed E-state index contributed by atoms with van der Waals surface area (Å²) in [6.45, 7) is 0. The highest BCUT2D eigenvalue weighted by molar-refractivity contribution is 5.86. The molecule has 1 fully saturated rings. The molecule has 0 amide bonds. The van der Waals surface area contributed by atoms with E-state index >= 15 is 0 Å². The molecule has 1 aliphatic rings. The molecule has 25 heavy (non-hydrogen) atoms. The van der Waals surface area contributed by atoms with Crippen molar-refractivity contribution < 1.29 is 4.52 Å². The third kappa shape index (κ3) is 3.71. The second-order valence-electron chi connectivity index (χ2n) is 6.03. The van der Waals surface area contributed by atoms with E-state index in [0.29, 0.717) is 17.8 Å². The molecule has 3 aromatic rings. The summed E-state index contributed by atoms with van der Waals surface area (Å²) in [4.78, 5) is 12.5. The fourth-order valence-corrected chi connectivity index (χ4v) is 3.06. The minimum atomic E-state index is 0.294. The topological polar surface area (TPSA) is 89.1 Å². The smallest absolute Gasteiger partial charge is 0.313 e. The number of nitrogens with zero attached hydrogens (tertiary/aromatic N) is 5. The summed E-state index contributed by atoms with van der Waals surface area (Å²) in [5.41, 5.74) is 6.13. The van der Waals surface area contributed by atoms with Crippen molar-refractivity contribution in [3.05, 3.63) is 54.6 Å². The van der Waals surface area contributed by atoms with E-state index in [-0.39, 0.29) is 0 Å². The molecule has 126 valence electrons. The van der Waals surface area contributed by atoms with Gasteiger partial charge in [-0.2, -0.15) is 10.1 Å². The predicted molar refractivity (Wildman–Crippen MR) is 94.0 cm³/mol. The van der Waals surface area contributed by atoms with Crippen molar-refractivity contribution in [1.29, 1.82) is 0 Å². The molecule has 1 saturated carbocycles. The SMILES string of the molecule is c1cncc(C2CCC/C(=N/Nc3nc(-c4ccncc4)no3)C2)c1. The van der Waals surface area contributed by atoms with Gasteiger partial charge in [0.2, 0.25) is 5.82 Å². The molecular formula is C18H18N6O. The van der Waals surface area contributed by atoms with Gasteiger partial charge >= 0.3 is 6.01 Å². The average Bonchev–Trinajstić information content (AvgIpc) is 3.17. The van der Waals surface area contributed by atoms with Crippen LogP contribution in [0.25, 0.3) is 11.4 Å². The van der Waals surface area contributed by atoms with Gasteiger partial charge in [-0.15, -0.1) is 0 Å². The van der Waals surface area contributed by atoms with E-state index in [0.717, 1.165) is 37.0 Å². The zero-order valence-corrected chi connectivity index (χ0v) is 13.7. The van der Waals surface area contributed by atoms with Gasteiger partial charge in [0.05, 0.1) is 0 Å². The first kappa shape index (κ1) is 15.4. The van der Waals surface area contributed by atoms with Crippen LogP contribution in [0.3, 0.4) is 0 Å². The van der Waals surface area contributed by atoms with Crippen molar-refractivity contribution in [2.45, 2.75) is 31.6 Å². The molecule has 0 saturated heterocycles. The minimum Gasteiger partial charge on any atom is -0.313 e. The van der Waals surface area contributed by atoms with Crippen molar-refractivity contribution in [1.82, 2.24) is 20.1 Å². The normalized spacial score (nSPS) is 19.0. The summed E-state index contributed by atoms with van der Waals surface area (Å²) in [6.07, 6.45) is 11.3. The molecule has 7 nitrogen and oxygen atoms in total. The summed E-state index contributed by atoms with van der Waals surface area (Å²) in [5, 5.41) is 8.43. The first-order valence-electron chi connectivity index (χ1n) is 8.34. The van der Waals surface area contributed by atoms with Crippen LogP contribution >= 0.6 is 0 Å². The maximum atomic E-state index is 5.21. The lowest BCUT2D eigenvalue weighted by Gasteiger charge is -2.23. The van der Waals surface area contributed by atoms with Gasteiger partial charge in [0.25, 0.3) is 0 Å². The molecule has 3 heterocycles. The number of aromatic nitrogens is 4. The summed E-state index contributed by atoms with van der Waals surface area (Å²) >= 11 is 0. The van der Waals surface area contributed by atoms with E-state index in [2.05, 4.69) is 36.7 Å². The zero-order chi connectivity index (χ0) is 16.9. The molecular weight excluding hydrogens is 316 g/mol. The van der Waals surface area contributed by atoms with Gasteiger partial charge in [0.1, 0.15) is 0 Å². The molecule has 0 spiro atoms. The van der Waals surface area contributed by atoms with Crippen LogP contribution in [-0.2, 0) is 0 Å². The van der Waals surface area contributed by atoms with Crippen LogP contribution in [0, 0.1) is 0 Å². The van der Waals surface area contributed by atoms with Crippen LogP contribution < -0.4 is 5.43 Å². The van der Waals surface area contributed by atoms with Crippen molar-refractivity contribution in [2.24, 2.45) is 5.10 Å². The largest absolute Gasteiger partial charge is 0.342 e. The van der Waals surface area contributed by atoms with Crippen molar-refractivity contribution in [3.8, 4) is 11.4 Å². The van der Waals surface area contributed by atoms with Crippen LogP contribution in [0.15, 0.2) is 58.7 Å². The number of hydrogen-bond acceptors (Lipinski definition) is 7. The maximum Gasteiger partial charge on any atom is 0.342 e. The van der Waals surface area contributed by atoms with Crippen molar-refractivity contribution in [3.63, 3.8) is 0 Å². The minimum absolute atomic E-state index is 0.294. The van der Waals surface area contributed by atoms with Crippen LogP contribution in [0.5, 0.6) is 0 Å². The van der Waals surface area contributed by atoms with Crippen LogP contribution in [0.4, 0.5) is 6.01 Å². The molecule has 0 bridgehead atoms. The molecule has 1 atom stereocenters. The van der Waals surface area contributed by atoms with Gasteiger partial charge in [-0.05, 0) is 55.4 Å². The van der Waals surface area contributed by atoms with Crippen LogP contribution in [0.2, 0.25) is 0 Å². The number of nitrogens with one attached hydrogen (secondary N) is 1. The number of anilines is 1. The van der Waals surface area contributed by atoms with Crippen molar-refractivity contribution in [2.75, 3.05) is 5.43 Å². The number of rotatable bonds is 4. The average molecular weight is 334 g/mol. The predicted octanol–water partition coefficient (Wildman–Crippen LogP) is 3.65. The summed E-state index contributed by atoms with van der Waals surface area (Å²) in [7, 11) is 0. The van der Waals surface area contributed by atoms with E-state index in [9.17, 15) is 0 Å². The highest BCUT2D eigenvalue weighted by atomic mass is 16.5. The highest BCUT2D eigenvalue weighted by Gasteiger charge is 2.20. The van der Waals surface area contributed by atoms with Gasteiger partial charge in [-0.1, -0.05) is 11.2 Å². The molecule has 1 N–H and O–H groups in total. The second-order valence-corrected chi connectivity index (χ2v) is 6.03. The Morgan fingerprint density at radius 1 is 1.12 bits per heavy atom. The molecule has 3 aromatic heterocycles. The summed E-state index contributed by atoms with van der Waals surface area (Å²) < 4.78 is 5.21. The van der Waals surface area contributed by atoms with Gasteiger partial charge in [0.15, 0.2) is 0 Å². The standard InChI is InChI=1S/C18H18N6O/c1-3-14(15-4-2-8-20-12-15)11-16(5-1)22-23-18-21-17(24-25-18)13-6-9-19-10-7-13/h2,4,6-10,12,14H,1,3,5,11H2,(H,21,23,24)/b22-16-. The molecule has 0 radical (unpaired) electrons. The Morgan fingerprint density at radius 2 is 2.04 bits per heavy atom. The third-order valence-corrected chi connectivity index (χ3v) is 4.33. The number of hydrogen-bond donors (Lipinski definition) is 1. The first-order chi connectivity index (χ1) is 12.4. The monoisotopic (exact) mass is 334 g/mol. The van der Waals surface area contributed by atoms with E-state index in [1.165, 1.54) is 5.56 Å². The van der Waals surface area contributed by atoms with Gasteiger partial charge < -0.3 is 4.52 Å². The summed E-state index contributed by atoms with van der Waals surface area (Å²) in [5.74, 6) is 0.986.